The zero-order chi connectivity index (χ0) is 12.7. The fourth-order valence-electron chi connectivity index (χ4n) is 1.41. The fraction of sp³-hybridized carbons (Fsp3) is 0.538. The van der Waals surface area contributed by atoms with Crippen molar-refractivity contribution in [3.8, 4) is 0 Å². The van der Waals surface area contributed by atoms with Crippen LogP contribution >= 0.6 is 22.6 Å². The van der Waals surface area contributed by atoms with Crippen molar-refractivity contribution in [2.45, 2.75) is 26.1 Å². The highest BCUT2D eigenvalue weighted by Crippen LogP contribution is 2.20. The van der Waals surface area contributed by atoms with E-state index in [1.807, 2.05) is 19.9 Å². The normalized spacial score (nSPS) is 13.0. The minimum Gasteiger partial charge on any atom is -0.376 e. The maximum absolute atomic E-state index is 13.1. The zero-order valence-corrected chi connectivity index (χ0v) is 12.3. The second-order valence-corrected chi connectivity index (χ2v) is 4.87. The van der Waals surface area contributed by atoms with Crippen LogP contribution in [0.2, 0.25) is 0 Å². The molecule has 0 saturated heterocycles. The third-order valence-corrected chi connectivity index (χ3v) is 3.01. The number of hydrogen-bond acceptors (Lipinski definition) is 2. The van der Waals surface area contributed by atoms with E-state index in [1.54, 1.807) is 6.07 Å². The first-order valence-electron chi connectivity index (χ1n) is 5.68. The number of halogens is 2. The first-order chi connectivity index (χ1) is 8.13. The highest BCUT2D eigenvalue weighted by Gasteiger charge is 2.11. The first-order valence-corrected chi connectivity index (χ1v) is 7.20. The number of benzene rings is 1. The Hall–Kier alpha value is -0.200. The first kappa shape index (κ1) is 14.9. The van der Waals surface area contributed by atoms with Crippen molar-refractivity contribution in [3.63, 3.8) is 0 Å². The van der Waals surface area contributed by atoms with Crippen molar-refractivity contribution in [2.24, 2.45) is 0 Å². The van der Waals surface area contributed by atoms with Crippen LogP contribution in [-0.4, -0.2) is 23.7 Å². The van der Waals surface area contributed by atoms with Crippen LogP contribution in [-0.2, 0) is 9.47 Å². The van der Waals surface area contributed by atoms with Gasteiger partial charge in [-0.15, -0.1) is 0 Å². The third kappa shape index (κ3) is 5.79. The van der Waals surface area contributed by atoms with Gasteiger partial charge in [0.05, 0.1) is 25.4 Å². The Kier molecular flexibility index (Phi) is 6.99. The third-order valence-electron chi connectivity index (χ3n) is 2.21. The van der Waals surface area contributed by atoms with Crippen molar-refractivity contribution in [1.29, 1.82) is 0 Å². The molecule has 0 N–H and O–H groups in total. The monoisotopic (exact) mass is 352 g/mol. The Bertz CT molecular complexity index is 331. The summed E-state index contributed by atoms with van der Waals surface area (Å²) >= 11 is 2.24. The molecule has 0 amide bonds. The van der Waals surface area contributed by atoms with Gasteiger partial charge >= 0.3 is 0 Å². The van der Waals surface area contributed by atoms with Crippen LogP contribution in [0.1, 0.15) is 25.5 Å². The molecule has 0 fully saturated rings. The molecular weight excluding hydrogens is 334 g/mol. The van der Waals surface area contributed by atoms with Gasteiger partial charge in [-0.2, -0.15) is 0 Å². The second-order valence-electron chi connectivity index (χ2n) is 3.99. The van der Waals surface area contributed by atoms with Gasteiger partial charge in [-0.1, -0.05) is 34.7 Å². The highest BCUT2D eigenvalue weighted by molar-refractivity contribution is 14.1. The summed E-state index contributed by atoms with van der Waals surface area (Å²) < 4.78 is 24.9. The Morgan fingerprint density at radius 1 is 1.24 bits per heavy atom. The lowest BCUT2D eigenvalue weighted by molar-refractivity contribution is -0.00510. The van der Waals surface area contributed by atoms with E-state index in [1.165, 1.54) is 12.1 Å². The summed E-state index contributed by atoms with van der Waals surface area (Å²) in [6, 6.07) is 6.55. The van der Waals surface area contributed by atoms with E-state index in [0.29, 0.717) is 13.2 Å². The van der Waals surface area contributed by atoms with Crippen LogP contribution in [0.25, 0.3) is 0 Å². The molecule has 1 aromatic carbocycles. The van der Waals surface area contributed by atoms with E-state index in [4.69, 9.17) is 9.47 Å². The van der Waals surface area contributed by atoms with Crippen molar-refractivity contribution in [1.82, 2.24) is 0 Å². The topological polar surface area (TPSA) is 18.5 Å². The van der Waals surface area contributed by atoms with Crippen LogP contribution in [0.4, 0.5) is 4.39 Å². The molecule has 1 rings (SSSR count). The fourth-order valence-corrected chi connectivity index (χ4v) is 2.17. The van der Waals surface area contributed by atoms with E-state index < -0.39 is 0 Å². The molecule has 0 spiro atoms. The predicted octanol–water partition coefficient (Wildman–Crippen LogP) is 3.74. The van der Waals surface area contributed by atoms with Gasteiger partial charge in [0.15, 0.2) is 0 Å². The summed E-state index contributed by atoms with van der Waals surface area (Å²) in [4.78, 5) is 0. The molecule has 17 heavy (non-hydrogen) atoms. The summed E-state index contributed by atoms with van der Waals surface area (Å²) in [6.07, 6.45) is 0.146. The van der Waals surface area contributed by atoms with Crippen molar-refractivity contribution >= 4 is 22.6 Å². The van der Waals surface area contributed by atoms with Crippen LogP contribution in [0.5, 0.6) is 0 Å². The summed E-state index contributed by atoms with van der Waals surface area (Å²) in [7, 11) is 0. The van der Waals surface area contributed by atoms with E-state index in [-0.39, 0.29) is 18.0 Å². The maximum atomic E-state index is 13.1. The van der Waals surface area contributed by atoms with E-state index in [2.05, 4.69) is 22.6 Å². The Morgan fingerprint density at radius 2 is 1.94 bits per heavy atom. The molecule has 0 radical (unpaired) electrons. The van der Waals surface area contributed by atoms with E-state index in [0.717, 1.165) is 9.99 Å². The molecular formula is C13H18FIO2. The molecule has 0 aromatic heterocycles. The number of ether oxygens (including phenoxy) is 2. The standard InChI is InChI=1S/C13H18FIO2/c1-10(2)16-6-7-17-13(9-15)11-4-3-5-12(14)8-11/h3-5,8,10,13H,6-7,9H2,1-2H3. The van der Waals surface area contributed by atoms with E-state index in [9.17, 15) is 4.39 Å². The molecule has 1 aromatic rings. The summed E-state index contributed by atoms with van der Waals surface area (Å²) in [6.45, 7) is 5.08. The van der Waals surface area contributed by atoms with Crippen molar-refractivity contribution in [2.75, 3.05) is 17.6 Å². The van der Waals surface area contributed by atoms with E-state index >= 15 is 0 Å². The van der Waals surface area contributed by atoms with Gasteiger partial charge in [0.1, 0.15) is 5.82 Å². The molecule has 4 heteroatoms. The lowest BCUT2D eigenvalue weighted by atomic mass is 10.1. The minimum atomic E-state index is -0.223. The summed E-state index contributed by atoms with van der Waals surface area (Å²) in [5.41, 5.74) is 0.879. The van der Waals surface area contributed by atoms with Gasteiger partial charge in [0.25, 0.3) is 0 Å². The molecule has 0 saturated carbocycles. The van der Waals surface area contributed by atoms with Crippen LogP contribution < -0.4 is 0 Å². The Morgan fingerprint density at radius 3 is 2.53 bits per heavy atom. The number of alkyl halides is 1. The molecule has 0 aliphatic rings. The molecule has 0 aliphatic heterocycles. The zero-order valence-electron chi connectivity index (χ0n) is 10.2. The lowest BCUT2D eigenvalue weighted by Gasteiger charge is -2.16. The highest BCUT2D eigenvalue weighted by atomic mass is 127. The SMILES string of the molecule is CC(C)OCCOC(CI)c1cccc(F)c1. The summed E-state index contributed by atoms with van der Waals surface area (Å²) in [5, 5.41) is 0. The molecule has 0 heterocycles. The number of rotatable bonds is 7. The van der Waals surface area contributed by atoms with Crippen molar-refractivity contribution < 1.29 is 13.9 Å². The van der Waals surface area contributed by atoms with Crippen LogP contribution in [0, 0.1) is 5.82 Å². The van der Waals surface area contributed by atoms with Gasteiger partial charge in [0.2, 0.25) is 0 Å². The van der Waals surface area contributed by atoms with Crippen molar-refractivity contribution in [3.05, 3.63) is 35.6 Å². The maximum Gasteiger partial charge on any atom is 0.123 e. The van der Waals surface area contributed by atoms with Gasteiger partial charge < -0.3 is 9.47 Å². The van der Waals surface area contributed by atoms with Crippen LogP contribution in [0.15, 0.2) is 24.3 Å². The molecule has 0 aliphatic carbocycles. The Balaban J connectivity index is 2.43. The largest absolute Gasteiger partial charge is 0.376 e. The minimum absolute atomic E-state index is 0.0675. The molecule has 0 bridgehead atoms. The average Bonchev–Trinajstić information content (AvgIpc) is 2.29. The van der Waals surface area contributed by atoms with Gasteiger partial charge in [-0.3, -0.25) is 0 Å². The smallest absolute Gasteiger partial charge is 0.123 e. The van der Waals surface area contributed by atoms with Gasteiger partial charge in [-0.25, -0.2) is 4.39 Å². The van der Waals surface area contributed by atoms with Crippen LogP contribution in [0.3, 0.4) is 0 Å². The van der Waals surface area contributed by atoms with Gasteiger partial charge in [-0.05, 0) is 31.5 Å². The quantitative estimate of drug-likeness (QED) is 0.423. The lowest BCUT2D eigenvalue weighted by Crippen LogP contribution is -2.13. The predicted molar refractivity (Wildman–Crippen MR) is 75.1 cm³/mol. The molecule has 1 atom stereocenters. The number of hydrogen-bond donors (Lipinski definition) is 0. The molecule has 1 unspecified atom stereocenters. The Labute approximate surface area is 116 Å². The summed E-state index contributed by atoms with van der Waals surface area (Å²) in [5.74, 6) is -0.223. The average molecular weight is 352 g/mol. The molecule has 96 valence electrons. The molecule has 2 nitrogen and oxygen atoms in total. The van der Waals surface area contributed by atoms with Gasteiger partial charge in [0, 0.05) is 4.43 Å². The second kappa shape index (κ2) is 8.00.